The second-order valence-electron chi connectivity index (χ2n) is 7.53. The van der Waals surface area contributed by atoms with Gasteiger partial charge in [-0.1, -0.05) is 6.07 Å². The number of nitrogens with zero attached hydrogens (tertiary/aromatic N) is 2. The molecule has 1 aliphatic rings. The van der Waals surface area contributed by atoms with Crippen molar-refractivity contribution in [3.05, 3.63) is 70.8 Å². The van der Waals surface area contributed by atoms with E-state index in [1.165, 1.54) is 17.2 Å². The van der Waals surface area contributed by atoms with Gasteiger partial charge < -0.3 is 14.6 Å². The number of halogens is 4. The number of aromatic amines is 1. The molecule has 0 saturated heterocycles. The summed E-state index contributed by atoms with van der Waals surface area (Å²) in [5.41, 5.74) is 0.586. The zero-order valence-electron chi connectivity index (χ0n) is 17.1. The second kappa shape index (κ2) is 8.18. The zero-order chi connectivity index (χ0) is 24.0. The maximum Gasteiger partial charge on any atom is 0.416 e. The van der Waals surface area contributed by atoms with Crippen LogP contribution in [-0.2, 0) is 29.0 Å². The number of benzene rings is 2. The Morgan fingerprint density at radius 2 is 1.91 bits per heavy atom. The number of carbonyl (C=O) groups excluding carboxylic acids is 1. The number of rotatable bonds is 4. The fourth-order valence-electron chi connectivity index (χ4n) is 3.42. The highest BCUT2D eigenvalue weighted by atomic mass is 32.2. The zero-order valence-corrected chi connectivity index (χ0v) is 17.9. The van der Waals surface area contributed by atoms with Gasteiger partial charge in [0.1, 0.15) is 11.4 Å². The lowest BCUT2D eigenvalue weighted by Gasteiger charge is -2.28. The molecule has 12 heteroatoms. The number of hydrogen-bond donors (Lipinski definition) is 1. The van der Waals surface area contributed by atoms with Crippen LogP contribution in [0.15, 0.2) is 47.8 Å². The van der Waals surface area contributed by atoms with Gasteiger partial charge in [-0.05, 0) is 47.9 Å². The molecule has 0 aliphatic carbocycles. The Kier molecular flexibility index (Phi) is 5.64. The van der Waals surface area contributed by atoms with Gasteiger partial charge >= 0.3 is 6.18 Å². The van der Waals surface area contributed by atoms with E-state index in [-0.39, 0.29) is 28.9 Å². The van der Waals surface area contributed by atoms with Crippen molar-refractivity contribution in [3.8, 4) is 11.5 Å². The lowest BCUT2D eigenvalue weighted by molar-refractivity contribution is -0.137. The second-order valence-corrected chi connectivity index (χ2v) is 9.46. The van der Waals surface area contributed by atoms with Gasteiger partial charge in [-0.3, -0.25) is 4.79 Å². The summed E-state index contributed by atoms with van der Waals surface area (Å²) >= 11 is 0. The van der Waals surface area contributed by atoms with Crippen LogP contribution in [0.4, 0.5) is 17.6 Å². The monoisotopic (exact) mass is 483 g/mol. The maximum atomic E-state index is 14.1. The van der Waals surface area contributed by atoms with Crippen molar-refractivity contribution in [3.63, 3.8) is 0 Å². The average molecular weight is 483 g/mol. The first-order valence-corrected chi connectivity index (χ1v) is 11.5. The van der Waals surface area contributed by atoms with Gasteiger partial charge in [-0.2, -0.15) is 13.2 Å². The van der Waals surface area contributed by atoms with Crippen LogP contribution < -0.4 is 4.74 Å². The molecule has 4 rings (SSSR count). The molecular weight excluding hydrogens is 466 g/mol. The van der Waals surface area contributed by atoms with Gasteiger partial charge in [-0.25, -0.2) is 17.8 Å². The molecule has 3 aromatic rings. The van der Waals surface area contributed by atoms with E-state index in [1.807, 2.05) is 0 Å². The molecule has 2 heterocycles. The predicted molar refractivity (Wildman–Crippen MR) is 108 cm³/mol. The van der Waals surface area contributed by atoms with E-state index in [9.17, 15) is 30.8 Å². The summed E-state index contributed by atoms with van der Waals surface area (Å²) in [4.78, 5) is 20.5. The van der Waals surface area contributed by atoms with Crippen LogP contribution in [-0.4, -0.2) is 42.0 Å². The van der Waals surface area contributed by atoms with E-state index < -0.39 is 33.3 Å². The molecule has 0 radical (unpaired) electrons. The Morgan fingerprint density at radius 3 is 2.55 bits per heavy atom. The number of fused-ring (bicyclic) bond motifs is 1. The molecule has 1 aromatic heterocycles. The maximum absolute atomic E-state index is 14.1. The average Bonchev–Trinajstić information content (AvgIpc) is 3.24. The van der Waals surface area contributed by atoms with Crippen LogP contribution in [0.2, 0.25) is 0 Å². The van der Waals surface area contributed by atoms with Gasteiger partial charge in [0, 0.05) is 19.3 Å². The van der Waals surface area contributed by atoms with Crippen molar-refractivity contribution >= 4 is 15.7 Å². The Labute approximate surface area is 185 Å². The van der Waals surface area contributed by atoms with E-state index in [4.69, 9.17) is 4.74 Å². The molecule has 33 heavy (non-hydrogen) atoms. The molecule has 2 aromatic carbocycles. The molecular formula is C21H17F4N3O4S. The van der Waals surface area contributed by atoms with Gasteiger partial charge in [-0.15, -0.1) is 0 Å². The SMILES string of the molecule is CS(=O)(=O)c1ncc(C(=O)N2CCc3cc(Oc4ccc(C(F)(F)F)cc4F)ccc3C2)[nH]1. The molecule has 0 atom stereocenters. The number of aromatic nitrogens is 2. The molecule has 1 N–H and O–H groups in total. The normalized spacial score (nSPS) is 14.2. The fourth-order valence-corrected chi connectivity index (χ4v) is 3.96. The molecule has 0 unspecified atom stereocenters. The first-order chi connectivity index (χ1) is 15.4. The smallest absolute Gasteiger partial charge is 0.416 e. The predicted octanol–water partition coefficient (Wildman–Crippen LogP) is 3.96. The number of nitrogens with one attached hydrogen (secondary N) is 1. The van der Waals surface area contributed by atoms with Crippen LogP contribution in [0.5, 0.6) is 11.5 Å². The van der Waals surface area contributed by atoms with Crippen molar-refractivity contribution in [1.29, 1.82) is 0 Å². The number of carbonyl (C=O) groups is 1. The number of imidazole rings is 1. The number of H-pyrrole nitrogens is 1. The third kappa shape index (κ3) is 4.85. The molecule has 0 fully saturated rings. The summed E-state index contributed by atoms with van der Waals surface area (Å²) in [6, 6.07) is 6.90. The van der Waals surface area contributed by atoms with Crippen molar-refractivity contribution in [2.45, 2.75) is 24.3 Å². The van der Waals surface area contributed by atoms with Crippen LogP contribution in [0.25, 0.3) is 0 Å². The van der Waals surface area contributed by atoms with Crippen LogP contribution >= 0.6 is 0 Å². The Morgan fingerprint density at radius 1 is 1.15 bits per heavy atom. The van der Waals surface area contributed by atoms with E-state index in [2.05, 4.69) is 9.97 Å². The Hall–Kier alpha value is -3.41. The van der Waals surface area contributed by atoms with Crippen molar-refractivity contribution in [2.75, 3.05) is 12.8 Å². The van der Waals surface area contributed by atoms with Gasteiger partial charge in [0.15, 0.2) is 11.6 Å². The Bertz CT molecular complexity index is 1340. The summed E-state index contributed by atoms with van der Waals surface area (Å²) < 4.78 is 80.7. The highest BCUT2D eigenvalue weighted by Crippen LogP contribution is 2.34. The standard InChI is InChI=1S/C21H17F4N3O4S/c1-33(30,31)20-26-10-17(27-20)19(29)28-7-6-12-8-15(4-2-13(12)11-28)32-18-5-3-14(9-16(18)22)21(23,24)25/h2-5,8-10H,6-7,11H2,1H3,(H,26,27). The lowest BCUT2D eigenvalue weighted by Crippen LogP contribution is -2.36. The van der Waals surface area contributed by atoms with E-state index in [0.29, 0.717) is 19.0 Å². The highest BCUT2D eigenvalue weighted by molar-refractivity contribution is 7.90. The quantitative estimate of drug-likeness (QED) is 0.567. The summed E-state index contributed by atoms with van der Waals surface area (Å²) in [5.74, 6) is -1.63. The molecule has 0 saturated carbocycles. The molecule has 1 aliphatic heterocycles. The Balaban J connectivity index is 1.48. The van der Waals surface area contributed by atoms with Gasteiger partial charge in [0.05, 0.1) is 11.8 Å². The van der Waals surface area contributed by atoms with Gasteiger partial charge in [0.2, 0.25) is 15.0 Å². The summed E-state index contributed by atoms with van der Waals surface area (Å²) in [6.45, 7) is 0.577. The largest absolute Gasteiger partial charge is 0.454 e. The number of sulfone groups is 1. The van der Waals surface area contributed by atoms with Crippen LogP contribution in [0, 0.1) is 5.82 Å². The van der Waals surface area contributed by atoms with Crippen LogP contribution in [0.1, 0.15) is 27.2 Å². The van der Waals surface area contributed by atoms with E-state index in [1.54, 1.807) is 12.1 Å². The third-order valence-corrected chi connectivity index (χ3v) is 6.01. The molecule has 1 amide bonds. The first kappa shape index (κ1) is 22.8. The summed E-state index contributed by atoms with van der Waals surface area (Å²) in [6.07, 6.45) is -2.06. The molecule has 0 spiro atoms. The molecule has 0 bridgehead atoms. The topological polar surface area (TPSA) is 92.4 Å². The number of ether oxygens (including phenoxy) is 1. The highest BCUT2D eigenvalue weighted by Gasteiger charge is 2.31. The minimum Gasteiger partial charge on any atom is -0.454 e. The lowest BCUT2D eigenvalue weighted by atomic mass is 9.99. The van der Waals surface area contributed by atoms with Crippen molar-refractivity contribution in [1.82, 2.24) is 14.9 Å². The van der Waals surface area contributed by atoms with Crippen molar-refractivity contribution < 1.29 is 35.5 Å². The van der Waals surface area contributed by atoms with E-state index in [0.717, 1.165) is 29.5 Å². The minimum atomic E-state index is -4.66. The summed E-state index contributed by atoms with van der Waals surface area (Å²) in [7, 11) is -3.57. The number of amides is 1. The minimum absolute atomic E-state index is 0.0524. The van der Waals surface area contributed by atoms with Gasteiger partial charge in [0.25, 0.3) is 5.91 Å². The fraction of sp³-hybridized carbons (Fsp3) is 0.238. The number of alkyl halides is 3. The third-order valence-electron chi connectivity index (χ3n) is 5.10. The van der Waals surface area contributed by atoms with Crippen LogP contribution in [0.3, 0.4) is 0 Å². The summed E-state index contributed by atoms with van der Waals surface area (Å²) in [5, 5.41) is -0.291. The molecule has 174 valence electrons. The number of hydrogen-bond acceptors (Lipinski definition) is 5. The molecule has 7 nitrogen and oxygen atoms in total. The van der Waals surface area contributed by atoms with E-state index >= 15 is 0 Å². The first-order valence-electron chi connectivity index (χ1n) is 9.62. The van der Waals surface area contributed by atoms with Crippen molar-refractivity contribution in [2.24, 2.45) is 0 Å².